The maximum atomic E-state index is 9.79. The molecular weight excluding hydrogens is 299 g/mol. The molecule has 0 aliphatic heterocycles. The SMILES string of the molecule is [B]OC(=C(C#N)c1c(C)nc(C)nc1C)c1c(C)ncc(C)c1C. The van der Waals surface area contributed by atoms with E-state index in [4.69, 9.17) is 12.7 Å². The predicted octanol–water partition coefficient (Wildman–Crippen LogP) is 3.21. The summed E-state index contributed by atoms with van der Waals surface area (Å²) in [5.74, 6) is 0.952. The third kappa shape index (κ3) is 3.02. The van der Waals surface area contributed by atoms with Gasteiger partial charge >= 0.3 is 8.05 Å². The summed E-state index contributed by atoms with van der Waals surface area (Å²) in [4.78, 5) is 13.1. The molecule has 0 aliphatic rings. The van der Waals surface area contributed by atoms with Gasteiger partial charge < -0.3 is 4.65 Å². The normalized spacial score (nSPS) is 11.7. The van der Waals surface area contributed by atoms with Crippen LogP contribution < -0.4 is 0 Å². The van der Waals surface area contributed by atoms with E-state index in [2.05, 4.69) is 21.0 Å². The van der Waals surface area contributed by atoms with Crippen molar-refractivity contribution in [2.24, 2.45) is 0 Å². The highest BCUT2D eigenvalue weighted by Gasteiger charge is 2.21. The van der Waals surface area contributed by atoms with Crippen molar-refractivity contribution in [1.82, 2.24) is 15.0 Å². The molecular formula is C18H19BN4O. The highest BCUT2D eigenvalue weighted by atomic mass is 16.4. The zero-order valence-electron chi connectivity index (χ0n) is 14.9. The fraction of sp³-hybridized carbons (Fsp3) is 0.333. The maximum Gasteiger partial charge on any atom is 0.374 e. The van der Waals surface area contributed by atoms with Gasteiger partial charge in [0.1, 0.15) is 23.2 Å². The lowest BCUT2D eigenvalue weighted by Gasteiger charge is -2.18. The van der Waals surface area contributed by atoms with Crippen molar-refractivity contribution in [3.05, 3.63) is 51.4 Å². The van der Waals surface area contributed by atoms with Crippen molar-refractivity contribution >= 4 is 19.4 Å². The van der Waals surface area contributed by atoms with Gasteiger partial charge in [-0.1, -0.05) is 0 Å². The number of pyridine rings is 1. The van der Waals surface area contributed by atoms with Gasteiger partial charge in [-0.15, -0.1) is 0 Å². The number of hydrogen-bond donors (Lipinski definition) is 0. The molecule has 0 N–H and O–H groups in total. The van der Waals surface area contributed by atoms with Gasteiger partial charge in [-0.2, -0.15) is 5.26 Å². The minimum atomic E-state index is 0.294. The first-order chi connectivity index (χ1) is 11.3. The molecule has 6 heteroatoms. The van der Waals surface area contributed by atoms with E-state index in [1.807, 2.05) is 41.5 Å². The van der Waals surface area contributed by atoms with E-state index in [-0.39, 0.29) is 0 Å². The second kappa shape index (κ2) is 6.83. The Morgan fingerprint density at radius 3 is 2.08 bits per heavy atom. The molecule has 120 valence electrons. The molecule has 2 aromatic rings. The Morgan fingerprint density at radius 2 is 1.58 bits per heavy atom. The van der Waals surface area contributed by atoms with Gasteiger partial charge in [0, 0.05) is 34.4 Å². The average Bonchev–Trinajstić information content (AvgIpc) is 2.51. The zero-order valence-corrected chi connectivity index (χ0v) is 14.9. The van der Waals surface area contributed by atoms with Gasteiger partial charge in [-0.05, 0) is 52.7 Å². The van der Waals surface area contributed by atoms with Gasteiger partial charge in [0.25, 0.3) is 0 Å². The van der Waals surface area contributed by atoms with E-state index in [0.29, 0.717) is 34.1 Å². The van der Waals surface area contributed by atoms with Crippen LogP contribution in [0.2, 0.25) is 0 Å². The summed E-state index contributed by atoms with van der Waals surface area (Å²) in [5.41, 5.74) is 5.82. The third-order valence-electron chi connectivity index (χ3n) is 4.10. The summed E-state index contributed by atoms with van der Waals surface area (Å²) < 4.78 is 5.16. The largest absolute Gasteiger partial charge is 0.566 e. The first kappa shape index (κ1) is 17.7. The van der Waals surface area contributed by atoms with E-state index >= 15 is 0 Å². The van der Waals surface area contributed by atoms with Gasteiger partial charge in [-0.3, -0.25) is 4.98 Å². The summed E-state index contributed by atoms with van der Waals surface area (Å²) in [6, 6.07) is 2.21. The molecule has 24 heavy (non-hydrogen) atoms. The maximum absolute atomic E-state index is 9.79. The summed E-state index contributed by atoms with van der Waals surface area (Å²) in [6.45, 7) is 11.3. The summed E-state index contributed by atoms with van der Waals surface area (Å²) in [6.07, 6.45) is 1.79. The molecule has 2 aromatic heterocycles. The van der Waals surface area contributed by atoms with Crippen molar-refractivity contribution in [3.8, 4) is 6.07 Å². The minimum Gasteiger partial charge on any atom is -0.566 e. The number of nitriles is 1. The Kier molecular flexibility index (Phi) is 5.03. The van der Waals surface area contributed by atoms with Crippen molar-refractivity contribution in [2.45, 2.75) is 41.5 Å². The molecule has 0 aliphatic carbocycles. The first-order valence-corrected chi connectivity index (χ1v) is 7.58. The molecule has 0 aromatic carbocycles. The molecule has 5 nitrogen and oxygen atoms in total. The van der Waals surface area contributed by atoms with E-state index in [1.165, 1.54) is 0 Å². The van der Waals surface area contributed by atoms with Gasteiger partial charge in [-0.25, -0.2) is 9.97 Å². The smallest absolute Gasteiger partial charge is 0.374 e. The van der Waals surface area contributed by atoms with Gasteiger partial charge in [0.2, 0.25) is 0 Å². The van der Waals surface area contributed by atoms with Crippen LogP contribution in [0.15, 0.2) is 6.20 Å². The molecule has 2 radical (unpaired) electrons. The quantitative estimate of drug-likeness (QED) is 0.494. The van der Waals surface area contributed by atoms with Crippen LogP contribution in [-0.2, 0) is 4.65 Å². The summed E-state index contributed by atoms with van der Waals surface area (Å²) in [7, 11) is 5.56. The molecule has 0 fully saturated rings. The standard InChI is InChI=1S/C18H19BN4O/c1-9-8-21-11(3)16(10(9)2)18(24-19)15(7-20)17-12(4)22-14(6)23-13(17)5/h8H,1-6H3. The Labute approximate surface area is 143 Å². The fourth-order valence-electron chi connectivity index (χ4n) is 2.87. The van der Waals surface area contributed by atoms with Crippen LogP contribution in [0.3, 0.4) is 0 Å². The van der Waals surface area contributed by atoms with Crippen LogP contribution in [0.25, 0.3) is 11.3 Å². The molecule has 0 atom stereocenters. The number of hydrogen-bond acceptors (Lipinski definition) is 5. The number of aryl methyl sites for hydroxylation is 5. The molecule has 0 spiro atoms. The Hall–Kier alpha value is -2.68. The van der Waals surface area contributed by atoms with Gasteiger partial charge in [0.05, 0.1) is 0 Å². The number of rotatable bonds is 3. The lowest BCUT2D eigenvalue weighted by molar-refractivity contribution is 0.572. The minimum absolute atomic E-state index is 0.294. The highest BCUT2D eigenvalue weighted by molar-refractivity contribution is 6.07. The van der Waals surface area contributed by atoms with Crippen LogP contribution >= 0.6 is 0 Å². The summed E-state index contributed by atoms with van der Waals surface area (Å²) in [5, 5.41) is 9.79. The zero-order chi connectivity index (χ0) is 18.0. The van der Waals surface area contributed by atoms with E-state index in [9.17, 15) is 5.26 Å². The topological polar surface area (TPSA) is 71.7 Å². The Balaban J connectivity index is 2.89. The van der Waals surface area contributed by atoms with E-state index < -0.39 is 0 Å². The lowest BCUT2D eigenvalue weighted by Crippen LogP contribution is -2.07. The third-order valence-corrected chi connectivity index (χ3v) is 4.10. The van der Waals surface area contributed by atoms with E-state index in [0.717, 1.165) is 22.4 Å². The molecule has 2 heterocycles. The molecule has 0 bridgehead atoms. The average molecular weight is 318 g/mol. The molecule has 0 unspecified atom stereocenters. The van der Waals surface area contributed by atoms with Crippen LogP contribution in [-0.4, -0.2) is 23.0 Å². The van der Waals surface area contributed by atoms with E-state index in [1.54, 1.807) is 6.20 Å². The van der Waals surface area contributed by atoms with Crippen LogP contribution in [0.4, 0.5) is 0 Å². The first-order valence-electron chi connectivity index (χ1n) is 7.58. The van der Waals surface area contributed by atoms with Crippen LogP contribution in [0.1, 0.15) is 45.2 Å². The van der Waals surface area contributed by atoms with Crippen LogP contribution in [0.5, 0.6) is 0 Å². The summed E-state index contributed by atoms with van der Waals surface area (Å²) >= 11 is 0. The number of nitrogens with zero attached hydrogens (tertiary/aromatic N) is 4. The molecule has 0 amide bonds. The number of aromatic nitrogens is 3. The molecule has 2 rings (SSSR count). The molecule has 0 saturated carbocycles. The Bertz CT molecular complexity index is 858. The predicted molar refractivity (Wildman–Crippen MR) is 94.0 cm³/mol. The Morgan fingerprint density at radius 1 is 1.00 bits per heavy atom. The molecule has 0 saturated heterocycles. The second-order valence-electron chi connectivity index (χ2n) is 5.78. The fourth-order valence-corrected chi connectivity index (χ4v) is 2.87. The monoisotopic (exact) mass is 318 g/mol. The second-order valence-corrected chi connectivity index (χ2v) is 5.78. The van der Waals surface area contributed by atoms with Crippen LogP contribution in [0, 0.1) is 52.9 Å². The van der Waals surface area contributed by atoms with Gasteiger partial charge in [0.15, 0.2) is 0 Å². The lowest BCUT2D eigenvalue weighted by atomic mass is 9.94. The van der Waals surface area contributed by atoms with Crippen molar-refractivity contribution in [2.75, 3.05) is 0 Å². The number of allylic oxidation sites excluding steroid dienone is 1. The van der Waals surface area contributed by atoms with Crippen molar-refractivity contribution < 1.29 is 4.65 Å². The van der Waals surface area contributed by atoms with Crippen molar-refractivity contribution in [1.29, 1.82) is 5.26 Å². The highest BCUT2D eigenvalue weighted by Crippen LogP contribution is 2.33. The van der Waals surface area contributed by atoms with Crippen molar-refractivity contribution in [3.63, 3.8) is 0 Å².